The maximum atomic E-state index is 16.1. The standard InChI is InChI=1S/C27H25FN8O5/c1-4-36-12-27(5-6-27)41-23-14(9-29)20(16(28)8-19(23)36)22-15(10-31-35(22)3)17-7-13-18(11-37)33-34-24(38)21(13)25(32-17)40-26(39)30-2/h7-8,10,37H,4-6,11-12H2,1-3H3,(H,30,39)(H,34,38)/i2D3. The van der Waals surface area contributed by atoms with Crippen molar-refractivity contribution in [2.75, 3.05) is 25.0 Å². The van der Waals surface area contributed by atoms with Gasteiger partial charge in [-0.2, -0.15) is 15.5 Å². The third-order valence-corrected chi connectivity index (χ3v) is 7.36. The largest absolute Gasteiger partial charge is 0.482 e. The van der Waals surface area contributed by atoms with Gasteiger partial charge in [0.25, 0.3) is 5.56 Å². The van der Waals surface area contributed by atoms with E-state index in [2.05, 4.69) is 26.3 Å². The predicted octanol–water partition coefficient (Wildman–Crippen LogP) is 2.36. The lowest BCUT2D eigenvalue weighted by molar-refractivity contribution is 0.171. The van der Waals surface area contributed by atoms with Crippen LogP contribution >= 0.6 is 0 Å². The molecule has 210 valence electrons. The molecule has 1 aromatic carbocycles. The van der Waals surface area contributed by atoms with Gasteiger partial charge in [0.1, 0.15) is 28.4 Å². The highest BCUT2D eigenvalue weighted by Gasteiger charge is 2.51. The molecule has 3 aromatic heterocycles. The minimum absolute atomic E-state index is 0.00448. The van der Waals surface area contributed by atoms with Crippen molar-refractivity contribution in [2.24, 2.45) is 7.05 Å². The Labute approximate surface area is 236 Å². The predicted molar refractivity (Wildman–Crippen MR) is 144 cm³/mol. The number of aromatic amines is 1. The number of aliphatic hydroxyl groups excluding tert-OH is 1. The van der Waals surface area contributed by atoms with E-state index >= 15 is 4.39 Å². The highest BCUT2D eigenvalue weighted by molar-refractivity contribution is 5.94. The zero-order chi connectivity index (χ0) is 31.6. The fourth-order valence-electron chi connectivity index (χ4n) is 5.23. The molecular formula is C27H25FN8O5. The smallest absolute Gasteiger partial charge is 0.413 e. The number of ether oxygens (including phenoxy) is 2. The van der Waals surface area contributed by atoms with E-state index in [-0.39, 0.29) is 50.3 Å². The fourth-order valence-corrected chi connectivity index (χ4v) is 5.23. The maximum Gasteiger partial charge on any atom is 0.413 e. The molecule has 0 saturated heterocycles. The first-order valence-corrected chi connectivity index (χ1v) is 12.6. The number of nitrogens with one attached hydrogen (secondary N) is 2. The van der Waals surface area contributed by atoms with Crippen molar-refractivity contribution in [3.05, 3.63) is 45.8 Å². The summed E-state index contributed by atoms with van der Waals surface area (Å²) in [5.41, 5.74) is -0.700. The van der Waals surface area contributed by atoms with Crippen LogP contribution in [0.25, 0.3) is 33.3 Å². The molecule has 6 rings (SSSR count). The van der Waals surface area contributed by atoms with E-state index < -0.39 is 42.5 Å². The quantitative estimate of drug-likeness (QED) is 0.327. The lowest BCUT2D eigenvalue weighted by Crippen LogP contribution is -2.42. The number of amides is 1. The van der Waals surface area contributed by atoms with E-state index in [9.17, 15) is 20.0 Å². The summed E-state index contributed by atoms with van der Waals surface area (Å²) in [6.45, 7) is -0.443. The molecule has 13 nitrogen and oxygen atoms in total. The Morgan fingerprint density at radius 3 is 2.93 bits per heavy atom. The number of nitriles is 1. The number of halogens is 1. The van der Waals surface area contributed by atoms with E-state index in [1.165, 1.54) is 30.1 Å². The number of carbonyl (C=O) groups excluding carboxylic acids is 1. The van der Waals surface area contributed by atoms with Crippen LogP contribution in [-0.4, -0.2) is 61.8 Å². The second-order valence-electron chi connectivity index (χ2n) is 9.81. The Balaban J connectivity index is 1.58. The summed E-state index contributed by atoms with van der Waals surface area (Å²) in [5, 5.41) is 31.9. The topological polar surface area (TPSA) is 171 Å². The summed E-state index contributed by atoms with van der Waals surface area (Å²) in [6.07, 6.45) is 1.52. The number of anilines is 1. The average Bonchev–Trinajstić information content (AvgIpc) is 3.60. The first-order chi connectivity index (χ1) is 20.9. The second-order valence-corrected chi connectivity index (χ2v) is 9.81. The summed E-state index contributed by atoms with van der Waals surface area (Å²) >= 11 is 0. The van der Waals surface area contributed by atoms with Crippen molar-refractivity contribution >= 4 is 22.6 Å². The summed E-state index contributed by atoms with van der Waals surface area (Å²) in [7, 11) is 1.54. The normalized spacial score (nSPS) is 16.3. The molecule has 0 unspecified atom stereocenters. The molecule has 41 heavy (non-hydrogen) atoms. The van der Waals surface area contributed by atoms with Crippen molar-refractivity contribution in [3.8, 4) is 40.2 Å². The van der Waals surface area contributed by atoms with Crippen LogP contribution in [0.5, 0.6) is 11.6 Å². The Bertz CT molecular complexity index is 1950. The van der Waals surface area contributed by atoms with Gasteiger partial charge in [0.05, 0.1) is 47.7 Å². The number of aryl methyl sites for hydroxylation is 1. The molecule has 0 bridgehead atoms. The summed E-state index contributed by atoms with van der Waals surface area (Å²) < 4.78 is 50.8. The molecule has 0 atom stereocenters. The van der Waals surface area contributed by atoms with Crippen LogP contribution in [0.15, 0.2) is 23.1 Å². The average molecular weight is 564 g/mol. The van der Waals surface area contributed by atoms with Gasteiger partial charge < -0.3 is 24.8 Å². The molecule has 1 fully saturated rings. The second kappa shape index (κ2) is 9.56. The van der Waals surface area contributed by atoms with Crippen LogP contribution < -0.4 is 25.2 Å². The number of benzene rings is 1. The number of aromatic nitrogens is 5. The summed E-state index contributed by atoms with van der Waals surface area (Å²) in [5.74, 6) is -1.06. The third kappa shape index (κ3) is 4.13. The zero-order valence-electron chi connectivity index (χ0n) is 24.9. The molecule has 1 amide bonds. The van der Waals surface area contributed by atoms with Gasteiger partial charge in [0.2, 0.25) is 5.88 Å². The van der Waals surface area contributed by atoms with Gasteiger partial charge in [0, 0.05) is 41.7 Å². The number of pyridine rings is 1. The molecule has 0 radical (unpaired) electrons. The Hall–Kier alpha value is -5.03. The number of rotatable bonds is 5. The molecule has 1 spiro atoms. The molecule has 14 heteroatoms. The van der Waals surface area contributed by atoms with Crippen molar-refractivity contribution in [2.45, 2.75) is 32.0 Å². The molecule has 4 aromatic rings. The number of carbonyl (C=O) groups is 1. The number of nitrogens with zero attached hydrogens (tertiary/aromatic N) is 6. The Morgan fingerprint density at radius 2 is 2.24 bits per heavy atom. The monoisotopic (exact) mass is 563 g/mol. The fraction of sp³-hybridized carbons (Fsp3) is 0.333. The van der Waals surface area contributed by atoms with E-state index in [4.69, 9.17) is 13.6 Å². The Morgan fingerprint density at radius 1 is 1.44 bits per heavy atom. The summed E-state index contributed by atoms with van der Waals surface area (Å²) in [6, 6.07) is 4.80. The van der Waals surface area contributed by atoms with Crippen LogP contribution in [-0.2, 0) is 13.7 Å². The van der Waals surface area contributed by atoms with Crippen molar-refractivity contribution in [1.29, 1.82) is 5.26 Å². The SMILES string of the molecule is [2H]C([2H])([2H])NC(=O)Oc1nc(-c2cnn(C)c2-c2c(F)cc3c(c2C#N)OC2(CC2)CN3CC)cc2c(CO)n[nH]c(=O)c12. The maximum absolute atomic E-state index is 16.1. The van der Waals surface area contributed by atoms with Crippen molar-refractivity contribution in [1.82, 2.24) is 30.3 Å². The van der Waals surface area contributed by atoms with Gasteiger partial charge in [-0.3, -0.25) is 9.48 Å². The molecule has 3 N–H and O–H groups in total. The lowest BCUT2D eigenvalue weighted by atomic mass is 9.96. The van der Waals surface area contributed by atoms with Crippen molar-refractivity contribution in [3.63, 3.8) is 0 Å². The van der Waals surface area contributed by atoms with Crippen molar-refractivity contribution < 1.29 is 27.9 Å². The first-order valence-electron chi connectivity index (χ1n) is 14.1. The number of likely N-dealkylation sites (N-methyl/N-ethyl adjacent to an activating group) is 1. The first kappa shape index (κ1) is 22.8. The van der Waals surface area contributed by atoms with E-state index in [1.54, 1.807) is 5.32 Å². The molecular weight excluding hydrogens is 535 g/mol. The van der Waals surface area contributed by atoms with Crippen LogP contribution in [0.1, 0.15) is 35.1 Å². The van der Waals surface area contributed by atoms with Gasteiger partial charge in [-0.05, 0) is 25.8 Å². The van der Waals surface area contributed by atoms with Gasteiger partial charge in [-0.1, -0.05) is 0 Å². The van der Waals surface area contributed by atoms with Crippen LogP contribution in [0.4, 0.5) is 14.9 Å². The van der Waals surface area contributed by atoms with Crippen LogP contribution in [0.3, 0.4) is 0 Å². The Kier molecular flexibility index (Phi) is 5.31. The molecule has 1 saturated carbocycles. The minimum Gasteiger partial charge on any atom is -0.482 e. The molecule has 1 aliphatic carbocycles. The number of hydrogen-bond donors (Lipinski definition) is 3. The lowest BCUT2D eigenvalue weighted by Gasteiger charge is -2.37. The van der Waals surface area contributed by atoms with Gasteiger partial charge >= 0.3 is 6.09 Å². The van der Waals surface area contributed by atoms with Crippen LogP contribution in [0, 0.1) is 17.1 Å². The van der Waals surface area contributed by atoms with Gasteiger partial charge in [-0.15, -0.1) is 0 Å². The number of H-pyrrole nitrogens is 1. The van der Waals surface area contributed by atoms with Crippen LogP contribution in [0.2, 0.25) is 0 Å². The molecule has 4 heterocycles. The number of fused-ring (bicyclic) bond motifs is 2. The number of aliphatic hydroxyl groups is 1. The highest BCUT2D eigenvalue weighted by Crippen LogP contribution is 2.52. The van der Waals surface area contributed by atoms with E-state index in [0.29, 0.717) is 18.8 Å². The van der Waals surface area contributed by atoms with Gasteiger partial charge in [0.15, 0.2) is 5.75 Å². The minimum atomic E-state index is -2.91. The third-order valence-electron chi connectivity index (χ3n) is 7.36. The molecule has 2 aliphatic rings. The highest BCUT2D eigenvalue weighted by atomic mass is 19.1. The zero-order valence-corrected chi connectivity index (χ0v) is 21.9. The summed E-state index contributed by atoms with van der Waals surface area (Å²) in [4.78, 5) is 31.5. The number of hydrogen-bond acceptors (Lipinski definition) is 10. The van der Waals surface area contributed by atoms with E-state index in [1.807, 2.05) is 11.8 Å². The molecule has 1 aliphatic heterocycles. The van der Waals surface area contributed by atoms with E-state index in [0.717, 1.165) is 12.8 Å². The van der Waals surface area contributed by atoms with Gasteiger partial charge in [-0.25, -0.2) is 19.3 Å².